The number of benzene rings is 1. The fourth-order valence-corrected chi connectivity index (χ4v) is 2.18. The van der Waals surface area contributed by atoms with Crippen LogP contribution in [0.15, 0.2) is 30.3 Å². The lowest BCUT2D eigenvalue weighted by Gasteiger charge is -2.30. The second kappa shape index (κ2) is 7.55. The number of hydrogen-bond donors (Lipinski definition) is 1. The lowest BCUT2D eigenvalue weighted by molar-refractivity contribution is 0.135. The summed E-state index contributed by atoms with van der Waals surface area (Å²) in [5.74, 6) is 1.13. The molecule has 0 amide bonds. The third-order valence-corrected chi connectivity index (χ3v) is 3.37. The fourth-order valence-electron chi connectivity index (χ4n) is 2.18. The highest BCUT2D eigenvalue weighted by molar-refractivity contribution is 5.19. The van der Waals surface area contributed by atoms with Gasteiger partial charge in [0.15, 0.2) is 0 Å². The van der Waals surface area contributed by atoms with Gasteiger partial charge in [-0.1, -0.05) is 58.0 Å². The summed E-state index contributed by atoms with van der Waals surface area (Å²) in [4.78, 5) is 0. The molecule has 0 fully saturated rings. The highest BCUT2D eigenvalue weighted by atomic mass is 16.5. The van der Waals surface area contributed by atoms with Crippen molar-refractivity contribution in [1.29, 1.82) is 0 Å². The van der Waals surface area contributed by atoms with Gasteiger partial charge in [-0.05, 0) is 17.4 Å². The average Bonchev–Trinajstić information content (AvgIpc) is 2.34. The molecule has 1 aromatic rings. The van der Waals surface area contributed by atoms with Crippen LogP contribution in [-0.2, 0) is 4.74 Å². The highest BCUT2D eigenvalue weighted by Crippen LogP contribution is 2.23. The van der Waals surface area contributed by atoms with Crippen LogP contribution in [0.25, 0.3) is 0 Å². The van der Waals surface area contributed by atoms with Gasteiger partial charge in [0.25, 0.3) is 0 Å². The van der Waals surface area contributed by atoms with Crippen LogP contribution < -0.4 is 5.32 Å². The quantitative estimate of drug-likeness (QED) is 0.796. The molecular formula is C16H27NO. The molecule has 0 aliphatic heterocycles. The Morgan fingerprint density at radius 2 is 1.61 bits per heavy atom. The largest absolute Gasteiger partial charge is 0.383 e. The van der Waals surface area contributed by atoms with E-state index >= 15 is 0 Å². The van der Waals surface area contributed by atoms with E-state index in [9.17, 15) is 0 Å². The van der Waals surface area contributed by atoms with Crippen LogP contribution in [0.2, 0.25) is 0 Å². The molecule has 0 aliphatic rings. The third-order valence-electron chi connectivity index (χ3n) is 3.37. The Bertz CT molecular complexity index is 321. The van der Waals surface area contributed by atoms with Gasteiger partial charge >= 0.3 is 0 Å². The van der Waals surface area contributed by atoms with E-state index < -0.39 is 0 Å². The lowest BCUT2D eigenvalue weighted by atomic mass is 9.93. The minimum Gasteiger partial charge on any atom is -0.383 e. The summed E-state index contributed by atoms with van der Waals surface area (Å²) in [5.41, 5.74) is 1.36. The molecule has 0 unspecified atom stereocenters. The molecule has 0 heterocycles. The van der Waals surface area contributed by atoms with Crippen LogP contribution in [0.1, 0.15) is 39.3 Å². The Morgan fingerprint density at radius 3 is 2.06 bits per heavy atom. The Morgan fingerprint density at radius 1 is 1.00 bits per heavy atom. The van der Waals surface area contributed by atoms with Crippen molar-refractivity contribution in [2.75, 3.05) is 13.7 Å². The molecule has 102 valence electrons. The Labute approximate surface area is 112 Å². The van der Waals surface area contributed by atoms with Crippen molar-refractivity contribution in [2.45, 2.75) is 39.8 Å². The van der Waals surface area contributed by atoms with Crippen molar-refractivity contribution in [2.24, 2.45) is 11.8 Å². The Hall–Kier alpha value is -0.860. The number of hydrogen-bond acceptors (Lipinski definition) is 2. The van der Waals surface area contributed by atoms with Gasteiger partial charge in [0, 0.05) is 19.2 Å². The predicted octanol–water partition coefficient (Wildman–Crippen LogP) is 3.64. The molecule has 0 bridgehead atoms. The van der Waals surface area contributed by atoms with Crippen molar-refractivity contribution in [3.63, 3.8) is 0 Å². The van der Waals surface area contributed by atoms with E-state index in [0.717, 1.165) is 6.61 Å². The highest BCUT2D eigenvalue weighted by Gasteiger charge is 2.21. The molecule has 2 nitrogen and oxygen atoms in total. The number of rotatable bonds is 7. The first-order chi connectivity index (χ1) is 8.56. The third kappa shape index (κ3) is 4.43. The first kappa shape index (κ1) is 15.2. The molecule has 18 heavy (non-hydrogen) atoms. The minimum atomic E-state index is 0.383. The zero-order chi connectivity index (χ0) is 13.5. The van der Waals surface area contributed by atoms with Crippen molar-refractivity contribution in [3.8, 4) is 0 Å². The Kier molecular flexibility index (Phi) is 6.37. The predicted molar refractivity (Wildman–Crippen MR) is 77.7 cm³/mol. The van der Waals surface area contributed by atoms with Gasteiger partial charge in [-0.3, -0.25) is 0 Å². The first-order valence-electron chi connectivity index (χ1n) is 6.86. The normalized spacial score (nSPS) is 15.1. The molecule has 1 aromatic carbocycles. The summed E-state index contributed by atoms with van der Waals surface area (Å²) in [5, 5.41) is 3.75. The molecule has 0 saturated heterocycles. The van der Waals surface area contributed by atoms with E-state index in [1.807, 2.05) is 0 Å². The van der Waals surface area contributed by atoms with Crippen molar-refractivity contribution < 1.29 is 4.74 Å². The van der Waals surface area contributed by atoms with Gasteiger partial charge in [-0.2, -0.15) is 0 Å². The second-order valence-electron chi connectivity index (χ2n) is 5.60. The smallest absolute Gasteiger partial charge is 0.0618 e. The molecular weight excluding hydrogens is 222 g/mol. The van der Waals surface area contributed by atoms with Crippen LogP contribution >= 0.6 is 0 Å². The van der Waals surface area contributed by atoms with E-state index in [1.54, 1.807) is 7.11 Å². The zero-order valence-corrected chi connectivity index (χ0v) is 12.3. The van der Waals surface area contributed by atoms with Crippen molar-refractivity contribution >= 4 is 0 Å². The summed E-state index contributed by atoms with van der Waals surface area (Å²) in [6, 6.07) is 11.4. The zero-order valence-electron chi connectivity index (χ0n) is 12.3. The van der Waals surface area contributed by atoms with Crippen LogP contribution in [-0.4, -0.2) is 19.8 Å². The summed E-state index contributed by atoms with van der Waals surface area (Å²) in [6.07, 6.45) is 0. The van der Waals surface area contributed by atoms with Gasteiger partial charge in [-0.15, -0.1) is 0 Å². The summed E-state index contributed by atoms with van der Waals surface area (Å²) in [7, 11) is 1.77. The van der Waals surface area contributed by atoms with Gasteiger partial charge < -0.3 is 10.1 Å². The summed E-state index contributed by atoms with van der Waals surface area (Å²) < 4.78 is 5.32. The number of nitrogens with one attached hydrogen (secondary N) is 1. The molecule has 0 radical (unpaired) electrons. The maximum atomic E-state index is 5.32. The molecule has 0 saturated carbocycles. The minimum absolute atomic E-state index is 0.383. The van der Waals surface area contributed by atoms with Crippen LogP contribution in [0.3, 0.4) is 0 Å². The van der Waals surface area contributed by atoms with Gasteiger partial charge in [0.1, 0.15) is 0 Å². The number of methoxy groups -OCH3 is 1. The maximum Gasteiger partial charge on any atom is 0.0618 e. The van der Waals surface area contributed by atoms with Gasteiger partial charge in [0.2, 0.25) is 0 Å². The maximum absolute atomic E-state index is 5.32. The second-order valence-corrected chi connectivity index (χ2v) is 5.60. The fraction of sp³-hybridized carbons (Fsp3) is 0.625. The van der Waals surface area contributed by atoms with E-state index in [-0.39, 0.29) is 0 Å². The molecule has 2 heteroatoms. The van der Waals surface area contributed by atoms with E-state index in [0.29, 0.717) is 23.9 Å². The molecule has 0 aromatic heterocycles. The summed E-state index contributed by atoms with van der Waals surface area (Å²) in [6.45, 7) is 9.75. The van der Waals surface area contributed by atoms with Crippen LogP contribution in [0, 0.1) is 11.8 Å². The van der Waals surface area contributed by atoms with E-state index in [1.165, 1.54) is 5.56 Å². The standard InChI is InChI=1S/C16H27NO/c1-12(2)15(11-18-5)17-16(13(3)4)14-9-7-6-8-10-14/h6-10,12-13,15-17H,11H2,1-5H3/t15-,16-/m1/s1. The molecule has 2 atom stereocenters. The molecule has 0 aliphatic carbocycles. The van der Waals surface area contributed by atoms with E-state index in [2.05, 4.69) is 63.3 Å². The summed E-state index contributed by atoms with van der Waals surface area (Å²) >= 11 is 0. The molecule has 1 rings (SSSR count). The van der Waals surface area contributed by atoms with Gasteiger partial charge in [0.05, 0.1) is 6.61 Å². The molecule has 0 spiro atoms. The number of ether oxygens (including phenoxy) is 1. The van der Waals surface area contributed by atoms with Crippen LogP contribution in [0.4, 0.5) is 0 Å². The molecule has 1 N–H and O–H groups in total. The Balaban J connectivity index is 2.80. The van der Waals surface area contributed by atoms with Crippen molar-refractivity contribution in [1.82, 2.24) is 5.32 Å². The van der Waals surface area contributed by atoms with Crippen molar-refractivity contribution in [3.05, 3.63) is 35.9 Å². The lowest BCUT2D eigenvalue weighted by Crippen LogP contribution is -2.41. The monoisotopic (exact) mass is 249 g/mol. The van der Waals surface area contributed by atoms with Gasteiger partial charge in [-0.25, -0.2) is 0 Å². The average molecular weight is 249 g/mol. The van der Waals surface area contributed by atoms with Crippen LogP contribution in [0.5, 0.6) is 0 Å². The van der Waals surface area contributed by atoms with E-state index in [4.69, 9.17) is 4.74 Å². The first-order valence-corrected chi connectivity index (χ1v) is 6.86. The SMILES string of the molecule is COC[C@@H](N[C@@H](c1ccccc1)C(C)C)C(C)C. The topological polar surface area (TPSA) is 21.3 Å².